The summed E-state index contributed by atoms with van der Waals surface area (Å²) in [6.07, 6.45) is 3.93. The zero-order valence-electron chi connectivity index (χ0n) is 58.4. The van der Waals surface area contributed by atoms with Crippen LogP contribution in [0.2, 0.25) is 0 Å². The van der Waals surface area contributed by atoms with Gasteiger partial charge in [0.15, 0.2) is 0 Å². The summed E-state index contributed by atoms with van der Waals surface area (Å²) < 4.78 is 13.4. The number of fused-ring (bicyclic) bond motifs is 5. The van der Waals surface area contributed by atoms with Gasteiger partial charge in [-0.15, -0.1) is 90.0 Å². The molecule has 0 amide bonds. The predicted octanol–water partition coefficient (Wildman–Crippen LogP) is 24.2. The Bertz CT molecular complexity index is 5270. The Kier molecular flexibility index (Phi) is 20.5. The van der Waals surface area contributed by atoms with Crippen molar-refractivity contribution in [1.82, 2.24) is 28.7 Å². The molecule has 0 aliphatic rings. The molecule has 11 aromatic carbocycles. The Labute approximate surface area is 596 Å². The fourth-order valence-corrected chi connectivity index (χ4v) is 13.6. The molecule has 0 aliphatic heterocycles. The van der Waals surface area contributed by atoms with Crippen LogP contribution in [0.3, 0.4) is 0 Å². The second kappa shape index (κ2) is 29.7. The minimum absolute atomic E-state index is 0. The van der Waals surface area contributed by atoms with E-state index in [1.165, 1.54) is 67.0 Å². The molecule has 4 heterocycles. The van der Waals surface area contributed by atoms with E-state index < -0.39 is 0 Å². The van der Waals surface area contributed by atoms with Gasteiger partial charge in [-0.1, -0.05) is 215 Å². The molecular formula is C90H82IrN7O. The number of hydrogen-bond donors (Lipinski definition) is 0. The number of hydrogen-bond acceptors (Lipinski definition) is 5. The van der Waals surface area contributed by atoms with Crippen LogP contribution in [0.5, 0.6) is 0 Å². The second-order valence-electron chi connectivity index (χ2n) is 27.2. The van der Waals surface area contributed by atoms with Gasteiger partial charge in [-0.2, -0.15) is 5.26 Å². The van der Waals surface area contributed by atoms with Crippen molar-refractivity contribution in [3.8, 4) is 79.5 Å². The first-order valence-corrected chi connectivity index (χ1v) is 34.4. The molecule has 0 N–H and O–H groups in total. The number of furan rings is 1. The monoisotopic (exact) mass is 1470 g/mol. The van der Waals surface area contributed by atoms with Crippen LogP contribution in [-0.4, -0.2) is 28.7 Å². The Morgan fingerprint density at radius 1 is 0.394 bits per heavy atom. The minimum atomic E-state index is 0. The zero-order chi connectivity index (χ0) is 68.3. The normalized spacial score (nSPS) is 11.5. The molecule has 4 aromatic heterocycles. The first-order chi connectivity index (χ1) is 47.6. The summed E-state index contributed by atoms with van der Waals surface area (Å²) in [6, 6.07) is 92.2. The molecule has 0 unspecified atom stereocenters. The summed E-state index contributed by atoms with van der Waals surface area (Å²) in [7, 11) is 0. The van der Waals surface area contributed by atoms with E-state index in [2.05, 4.69) is 290 Å². The smallest absolute Gasteiger partial charge is 0.500 e. The molecule has 0 spiro atoms. The van der Waals surface area contributed by atoms with Gasteiger partial charge >= 0.3 is 20.1 Å². The molecule has 8 nitrogen and oxygen atoms in total. The van der Waals surface area contributed by atoms with Gasteiger partial charge in [0.25, 0.3) is 0 Å². The summed E-state index contributed by atoms with van der Waals surface area (Å²) >= 11 is 0. The van der Waals surface area contributed by atoms with Crippen LogP contribution in [0.4, 0.5) is 0 Å². The van der Waals surface area contributed by atoms with E-state index in [1.807, 2.05) is 72.9 Å². The predicted molar refractivity (Wildman–Crippen MR) is 406 cm³/mol. The number of aromatic nitrogens is 6. The van der Waals surface area contributed by atoms with Crippen molar-refractivity contribution in [1.29, 1.82) is 5.26 Å². The van der Waals surface area contributed by atoms with Crippen LogP contribution < -0.4 is 0 Å². The average Bonchev–Trinajstić information content (AvgIpc) is 1.60. The maximum absolute atomic E-state index is 9.53. The molecule has 99 heavy (non-hydrogen) atoms. The fourth-order valence-electron chi connectivity index (χ4n) is 13.6. The molecule has 15 rings (SSSR count). The average molecular weight is 1470 g/mol. The zero-order valence-corrected chi connectivity index (χ0v) is 60.8. The molecule has 15 aromatic rings. The Morgan fingerprint density at radius 2 is 0.859 bits per heavy atom. The maximum atomic E-state index is 9.53. The summed E-state index contributed by atoms with van der Waals surface area (Å²) in [5.41, 5.74) is 25.3. The molecule has 0 saturated carbocycles. The van der Waals surface area contributed by atoms with Crippen LogP contribution in [0, 0.1) is 29.5 Å². The van der Waals surface area contributed by atoms with Gasteiger partial charge in [-0.05, 0) is 140 Å². The number of rotatable bonds is 14. The number of imidazole rings is 3. The van der Waals surface area contributed by atoms with Crippen molar-refractivity contribution >= 4 is 44.0 Å². The molecule has 9 heteroatoms. The number of nitriles is 1. The number of benzene rings is 11. The Morgan fingerprint density at radius 3 is 1.38 bits per heavy atom. The summed E-state index contributed by atoms with van der Waals surface area (Å²) in [5, 5.41) is 11.5. The molecule has 492 valence electrons. The van der Waals surface area contributed by atoms with E-state index in [1.54, 1.807) is 6.07 Å². The first-order valence-electron chi connectivity index (χ1n) is 34.4. The summed E-state index contributed by atoms with van der Waals surface area (Å²) in [6.45, 7) is 27.1. The number of para-hydroxylation sites is 6. The van der Waals surface area contributed by atoms with Crippen LogP contribution in [0.15, 0.2) is 247 Å². The van der Waals surface area contributed by atoms with Gasteiger partial charge in [-0.3, -0.25) is 15.0 Å². The maximum Gasteiger partial charge on any atom is 3.00 e. The van der Waals surface area contributed by atoms with Gasteiger partial charge in [0.2, 0.25) is 0 Å². The van der Waals surface area contributed by atoms with Gasteiger partial charge < -0.3 is 18.1 Å². The third-order valence-corrected chi connectivity index (χ3v) is 18.6. The third kappa shape index (κ3) is 13.6. The van der Waals surface area contributed by atoms with Gasteiger partial charge in [0.1, 0.15) is 5.58 Å². The fraction of sp³-hybridized carbons (Fsp3) is 0.200. The topological polar surface area (TPSA) is 90.4 Å². The Hall–Kier alpha value is -10.5. The van der Waals surface area contributed by atoms with Crippen molar-refractivity contribution in [3.63, 3.8) is 0 Å². The van der Waals surface area contributed by atoms with E-state index in [4.69, 9.17) is 14.4 Å². The first kappa shape index (κ1) is 68.4. The van der Waals surface area contributed by atoms with Crippen molar-refractivity contribution in [3.05, 3.63) is 300 Å². The summed E-state index contributed by atoms with van der Waals surface area (Å²) in [4.78, 5) is 14.8. The van der Waals surface area contributed by atoms with E-state index >= 15 is 0 Å². The molecule has 0 radical (unpaired) electrons. The second-order valence-corrected chi connectivity index (χ2v) is 27.2. The van der Waals surface area contributed by atoms with Gasteiger partial charge in [-0.25, -0.2) is 0 Å². The molecule has 0 bridgehead atoms. The van der Waals surface area contributed by atoms with Crippen LogP contribution in [0.25, 0.3) is 117 Å². The summed E-state index contributed by atoms with van der Waals surface area (Å²) in [5.74, 6) is 4.92. The standard InChI is InChI=1S/C44H34N3O.C25H25N2.C21H23N2.Ir/c1-27(2)37-24-33(32-20-18-31(19-21-32)30-11-6-5-7-12-30)25-38(28(3)4)42(37)47-40-16-9-8-15-39(40)46-44(47)36-14-10-13-35-34-22-17-29(26-45)23-41(34)48-43(35)36;1-17(2)20-13-10-14-21(18(3)4)24(20)27-23-16-9-8-15-22(23)26-25(27)19-11-6-5-7-12-19;1-15(2)18-11-8-12-19(16(3)4)20(18)23-14-13-22-21(23)17-9-6-5-7-10-17;/h5-13,15-25,27-28H,1-4H3;5-11,13-18H,1-4H3;5-9,11-16H,1-4H3;/q3*-1;+3. The van der Waals surface area contributed by atoms with Crippen LogP contribution in [-0.2, 0) is 20.1 Å². The van der Waals surface area contributed by atoms with Crippen LogP contribution >= 0.6 is 0 Å². The molecule has 0 aliphatic carbocycles. The van der Waals surface area contributed by atoms with Gasteiger partial charge in [0.05, 0.1) is 56.8 Å². The molecule has 0 atom stereocenters. The van der Waals surface area contributed by atoms with Crippen molar-refractivity contribution in [2.75, 3.05) is 0 Å². The van der Waals surface area contributed by atoms with Gasteiger partial charge in [0, 0.05) is 34.8 Å². The molecular weight excluding hydrogens is 1390 g/mol. The van der Waals surface area contributed by atoms with Crippen molar-refractivity contribution in [2.24, 2.45) is 0 Å². The number of nitrogens with zero attached hydrogens (tertiary/aromatic N) is 7. The van der Waals surface area contributed by atoms with Crippen molar-refractivity contribution < 1.29 is 24.5 Å². The Balaban J connectivity index is 0.000000154. The van der Waals surface area contributed by atoms with E-state index in [-0.39, 0.29) is 31.9 Å². The van der Waals surface area contributed by atoms with E-state index in [0.717, 1.165) is 72.7 Å². The molecule has 0 fully saturated rings. The minimum Gasteiger partial charge on any atom is -0.500 e. The molecule has 0 saturated heterocycles. The third-order valence-electron chi connectivity index (χ3n) is 18.6. The SMILES string of the molecule is CC(C)c1cc(-c2ccc(-c3ccccc3)cc2)cc(C(C)C)c1-n1c(-c2[c-]ccc3c2oc2cc(C#N)ccc23)nc2ccccc21.CC(C)c1cccc(C(C)C)c1-n1c(-c2[c-]cccc2)nc2ccccc21.CC(C)c1cccc(C(C)C)c1-n1ccnc1-c1[c-]cccc1.[Ir+3]. The van der Waals surface area contributed by atoms with Crippen LogP contribution in [0.1, 0.15) is 158 Å². The van der Waals surface area contributed by atoms with Crippen molar-refractivity contribution in [2.45, 2.75) is 119 Å². The quantitative estimate of drug-likeness (QED) is 0.101. The largest absolute Gasteiger partial charge is 3.00 e. The van der Waals surface area contributed by atoms with E-state index in [9.17, 15) is 5.26 Å². The van der Waals surface area contributed by atoms with E-state index in [0.29, 0.717) is 40.4 Å².